The summed E-state index contributed by atoms with van der Waals surface area (Å²) >= 11 is 0. The summed E-state index contributed by atoms with van der Waals surface area (Å²) in [7, 11) is 1.62. The van der Waals surface area contributed by atoms with Crippen molar-refractivity contribution in [3.05, 3.63) is 42.0 Å². The summed E-state index contributed by atoms with van der Waals surface area (Å²) in [5, 5.41) is 11.6. The molecule has 16 heavy (non-hydrogen) atoms. The fourth-order valence-electron chi connectivity index (χ4n) is 1.80. The molecule has 0 saturated heterocycles. The maximum absolute atomic E-state index is 9.71. The number of benzene rings is 2. The lowest BCUT2D eigenvalue weighted by molar-refractivity contribution is 0.240. The molecule has 0 aromatic heterocycles. The molecular formula is C14H12O2. The van der Waals surface area contributed by atoms with Gasteiger partial charge in [-0.05, 0) is 11.5 Å². The second-order valence-electron chi connectivity index (χ2n) is 3.47. The van der Waals surface area contributed by atoms with E-state index in [0.29, 0.717) is 0 Å². The van der Waals surface area contributed by atoms with Crippen LogP contribution in [0.4, 0.5) is 0 Å². The first-order chi connectivity index (χ1) is 7.77. The third-order valence-corrected chi connectivity index (χ3v) is 2.59. The van der Waals surface area contributed by atoms with Gasteiger partial charge in [0.25, 0.3) is 0 Å². The first-order valence-electron chi connectivity index (χ1n) is 4.97. The molecule has 1 atom stereocenters. The maximum Gasteiger partial charge on any atom is 0.140 e. The zero-order valence-electron chi connectivity index (χ0n) is 8.97. The van der Waals surface area contributed by atoms with Crippen molar-refractivity contribution in [2.75, 3.05) is 7.11 Å². The first kappa shape index (κ1) is 10.5. The molecular weight excluding hydrogens is 200 g/mol. The van der Waals surface area contributed by atoms with Crippen molar-refractivity contribution < 1.29 is 9.84 Å². The molecule has 1 unspecified atom stereocenters. The monoisotopic (exact) mass is 212 g/mol. The number of aliphatic hydroxyl groups excluding tert-OH is 1. The number of rotatable bonds is 2. The molecule has 0 saturated carbocycles. The topological polar surface area (TPSA) is 29.5 Å². The molecule has 80 valence electrons. The number of hydrogen-bond acceptors (Lipinski definition) is 2. The van der Waals surface area contributed by atoms with Crippen LogP contribution in [-0.4, -0.2) is 12.2 Å². The van der Waals surface area contributed by atoms with Crippen LogP contribution >= 0.6 is 0 Å². The predicted molar refractivity (Wildman–Crippen MR) is 64.3 cm³/mol. The van der Waals surface area contributed by atoms with E-state index in [1.165, 1.54) is 0 Å². The highest BCUT2D eigenvalue weighted by molar-refractivity contribution is 5.91. The quantitative estimate of drug-likeness (QED) is 0.775. The summed E-state index contributed by atoms with van der Waals surface area (Å²) in [5.41, 5.74) is 0.735. The van der Waals surface area contributed by atoms with Crippen molar-refractivity contribution in [3.8, 4) is 18.1 Å². The average Bonchev–Trinajstić information content (AvgIpc) is 2.36. The lowest BCUT2D eigenvalue weighted by Gasteiger charge is -2.11. The Bertz CT molecular complexity index is 552. The Morgan fingerprint density at radius 1 is 1.19 bits per heavy atom. The van der Waals surface area contributed by atoms with E-state index >= 15 is 0 Å². The Morgan fingerprint density at radius 2 is 1.88 bits per heavy atom. The minimum Gasteiger partial charge on any atom is -0.496 e. The van der Waals surface area contributed by atoms with Crippen LogP contribution in [0, 0.1) is 12.3 Å². The van der Waals surface area contributed by atoms with Gasteiger partial charge in [0.1, 0.15) is 11.9 Å². The van der Waals surface area contributed by atoms with Crippen LogP contribution in [-0.2, 0) is 0 Å². The Labute approximate surface area is 94.5 Å². The Hall–Kier alpha value is -1.98. The van der Waals surface area contributed by atoms with Crippen molar-refractivity contribution in [2.24, 2.45) is 0 Å². The van der Waals surface area contributed by atoms with E-state index in [1.807, 2.05) is 30.3 Å². The third kappa shape index (κ3) is 1.62. The molecule has 0 bridgehead atoms. The van der Waals surface area contributed by atoms with E-state index in [4.69, 9.17) is 11.2 Å². The number of fused-ring (bicyclic) bond motifs is 1. The molecule has 0 aliphatic heterocycles. The Kier molecular flexibility index (Phi) is 2.80. The molecule has 0 aliphatic carbocycles. The minimum absolute atomic E-state index is 0.735. The summed E-state index contributed by atoms with van der Waals surface area (Å²) in [6, 6.07) is 11.3. The van der Waals surface area contributed by atoms with Crippen LogP contribution in [0.5, 0.6) is 5.75 Å². The number of aliphatic hydroxyl groups is 1. The van der Waals surface area contributed by atoms with Gasteiger partial charge in [-0.1, -0.05) is 36.3 Å². The van der Waals surface area contributed by atoms with Crippen molar-refractivity contribution in [1.29, 1.82) is 0 Å². The van der Waals surface area contributed by atoms with Gasteiger partial charge < -0.3 is 9.84 Å². The van der Waals surface area contributed by atoms with Crippen molar-refractivity contribution in [3.63, 3.8) is 0 Å². The predicted octanol–water partition coefficient (Wildman–Crippen LogP) is 2.52. The number of terminal acetylenes is 1. The summed E-state index contributed by atoms with van der Waals surface area (Å²) in [6.45, 7) is 0. The van der Waals surface area contributed by atoms with Gasteiger partial charge >= 0.3 is 0 Å². The standard InChI is InChI=1S/C14H12O2/c1-3-13(15)11-8-9-14(16-2)12-7-5-4-6-10(11)12/h1,4-9,13,15H,2H3. The molecule has 0 spiro atoms. The van der Waals surface area contributed by atoms with E-state index in [0.717, 1.165) is 22.1 Å². The van der Waals surface area contributed by atoms with Crippen LogP contribution < -0.4 is 4.74 Å². The molecule has 0 radical (unpaired) electrons. The highest BCUT2D eigenvalue weighted by Crippen LogP contribution is 2.31. The molecule has 0 fully saturated rings. The first-order valence-corrected chi connectivity index (χ1v) is 4.97. The van der Waals surface area contributed by atoms with Crippen molar-refractivity contribution in [1.82, 2.24) is 0 Å². The number of methoxy groups -OCH3 is 1. The second kappa shape index (κ2) is 4.26. The lowest BCUT2D eigenvalue weighted by atomic mass is 10.00. The van der Waals surface area contributed by atoms with Gasteiger partial charge in [-0.25, -0.2) is 0 Å². The minimum atomic E-state index is -0.879. The summed E-state index contributed by atoms with van der Waals surface area (Å²) in [5.74, 6) is 3.11. The zero-order chi connectivity index (χ0) is 11.5. The van der Waals surface area contributed by atoms with Crippen LogP contribution in [0.15, 0.2) is 36.4 Å². The molecule has 2 nitrogen and oxygen atoms in total. The Morgan fingerprint density at radius 3 is 2.50 bits per heavy atom. The normalized spacial score (nSPS) is 12.1. The van der Waals surface area contributed by atoms with Gasteiger partial charge in [-0.15, -0.1) is 6.42 Å². The fourth-order valence-corrected chi connectivity index (χ4v) is 1.80. The summed E-state index contributed by atoms with van der Waals surface area (Å²) in [4.78, 5) is 0. The largest absolute Gasteiger partial charge is 0.496 e. The second-order valence-corrected chi connectivity index (χ2v) is 3.47. The molecule has 2 aromatic carbocycles. The van der Waals surface area contributed by atoms with Crippen molar-refractivity contribution in [2.45, 2.75) is 6.10 Å². The van der Waals surface area contributed by atoms with Gasteiger partial charge in [0.2, 0.25) is 0 Å². The summed E-state index contributed by atoms with van der Waals surface area (Å²) in [6.07, 6.45) is 4.36. The van der Waals surface area contributed by atoms with Gasteiger partial charge in [-0.2, -0.15) is 0 Å². The molecule has 0 heterocycles. The maximum atomic E-state index is 9.71. The van der Waals surface area contributed by atoms with E-state index in [9.17, 15) is 5.11 Å². The van der Waals surface area contributed by atoms with Crippen LogP contribution in [0.2, 0.25) is 0 Å². The SMILES string of the molecule is C#CC(O)c1ccc(OC)c2ccccc12. The molecule has 0 amide bonds. The highest BCUT2D eigenvalue weighted by atomic mass is 16.5. The van der Waals surface area contributed by atoms with E-state index < -0.39 is 6.10 Å². The van der Waals surface area contributed by atoms with Gasteiger partial charge in [0, 0.05) is 10.9 Å². The van der Waals surface area contributed by atoms with Crippen molar-refractivity contribution >= 4 is 10.8 Å². The van der Waals surface area contributed by atoms with Gasteiger partial charge in [-0.3, -0.25) is 0 Å². The smallest absolute Gasteiger partial charge is 0.140 e. The van der Waals surface area contributed by atoms with Gasteiger partial charge in [0.15, 0.2) is 0 Å². The molecule has 0 aliphatic rings. The van der Waals surface area contributed by atoms with E-state index in [2.05, 4.69) is 5.92 Å². The van der Waals surface area contributed by atoms with Gasteiger partial charge in [0.05, 0.1) is 7.11 Å². The van der Waals surface area contributed by atoms with E-state index in [1.54, 1.807) is 13.2 Å². The van der Waals surface area contributed by atoms with Crippen LogP contribution in [0.3, 0.4) is 0 Å². The fraction of sp³-hybridized carbons (Fsp3) is 0.143. The van der Waals surface area contributed by atoms with Crippen LogP contribution in [0.1, 0.15) is 11.7 Å². The highest BCUT2D eigenvalue weighted by Gasteiger charge is 2.10. The Balaban J connectivity index is 2.75. The zero-order valence-corrected chi connectivity index (χ0v) is 8.97. The number of ether oxygens (including phenoxy) is 1. The molecule has 2 aromatic rings. The molecule has 2 rings (SSSR count). The third-order valence-electron chi connectivity index (χ3n) is 2.59. The summed E-state index contributed by atoms with van der Waals surface area (Å²) < 4.78 is 5.26. The van der Waals surface area contributed by atoms with Crippen LogP contribution in [0.25, 0.3) is 10.8 Å². The number of hydrogen-bond donors (Lipinski definition) is 1. The molecule has 2 heteroatoms. The average molecular weight is 212 g/mol. The van der Waals surface area contributed by atoms with E-state index in [-0.39, 0.29) is 0 Å². The molecule has 1 N–H and O–H groups in total. The lowest BCUT2D eigenvalue weighted by Crippen LogP contribution is -1.96.